The zero-order chi connectivity index (χ0) is 12.8. The van der Waals surface area contributed by atoms with Crippen LogP contribution in [0.15, 0.2) is 18.2 Å². The second-order valence-electron chi connectivity index (χ2n) is 3.38. The van der Waals surface area contributed by atoms with Gasteiger partial charge in [-0.05, 0) is 12.1 Å². The zero-order valence-electron chi connectivity index (χ0n) is 9.17. The highest BCUT2D eigenvalue weighted by atomic mass is 35.5. The summed E-state index contributed by atoms with van der Waals surface area (Å²) >= 11 is 11.3. The summed E-state index contributed by atoms with van der Waals surface area (Å²) in [6.45, 7) is 0.280. The van der Waals surface area contributed by atoms with Crippen molar-refractivity contribution in [3.05, 3.63) is 34.6 Å². The molecular formula is C11H12Cl2FNO2. The van der Waals surface area contributed by atoms with E-state index >= 15 is 0 Å². The Morgan fingerprint density at radius 2 is 2.29 bits per heavy atom. The van der Waals surface area contributed by atoms with Crippen LogP contribution >= 0.6 is 23.2 Å². The number of carbonyl (C=O) groups excluding carboxylic acids is 1. The molecule has 0 fully saturated rings. The van der Waals surface area contributed by atoms with Crippen molar-refractivity contribution in [1.29, 1.82) is 0 Å². The molecule has 1 rings (SSSR count). The Hall–Kier alpha value is -0.840. The van der Waals surface area contributed by atoms with E-state index in [1.54, 1.807) is 0 Å². The first-order valence-corrected chi connectivity index (χ1v) is 5.81. The van der Waals surface area contributed by atoms with Crippen molar-refractivity contribution in [3.8, 4) is 0 Å². The van der Waals surface area contributed by atoms with Crippen molar-refractivity contribution in [2.24, 2.45) is 0 Å². The third-order valence-corrected chi connectivity index (χ3v) is 2.84. The highest BCUT2D eigenvalue weighted by molar-refractivity contribution is 6.34. The van der Waals surface area contributed by atoms with Gasteiger partial charge < -0.3 is 10.1 Å². The Balaban J connectivity index is 2.79. The van der Waals surface area contributed by atoms with Gasteiger partial charge in [0.15, 0.2) is 0 Å². The van der Waals surface area contributed by atoms with Crippen LogP contribution < -0.4 is 5.32 Å². The minimum absolute atomic E-state index is 0.0814. The molecule has 0 radical (unpaired) electrons. The Bertz CT molecular complexity index is 401. The molecule has 0 aromatic heterocycles. The van der Waals surface area contributed by atoms with E-state index in [4.69, 9.17) is 27.9 Å². The van der Waals surface area contributed by atoms with E-state index in [2.05, 4.69) is 5.32 Å². The van der Waals surface area contributed by atoms with Crippen molar-refractivity contribution in [1.82, 2.24) is 5.32 Å². The van der Waals surface area contributed by atoms with E-state index < -0.39 is 11.7 Å². The van der Waals surface area contributed by atoms with E-state index in [1.165, 1.54) is 25.3 Å². The summed E-state index contributed by atoms with van der Waals surface area (Å²) in [5, 5.41) is 2.41. The van der Waals surface area contributed by atoms with Crippen molar-refractivity contribution < 1.29 is 13.9 Å². The molecule has 0 aliphatic rings. The maximum atomic E-state index is 13.1. The second-order valence-corrected chi connectivity index (χ2v) is 4.07. The molecule has 0 aliphatic heterocycles. The number of nitrogens with one attached hydrogen (secondary N) is 1. The summed E-state index contributed by atoms with van der Waals surface area (Å²) in [5.74, 6) is -0.905. The molecule has 0 saturated heterocycles. The third kappa shape index (κ3) is 3.84. The Morgan fingerprint density at radius 3 is 2.88 bits per heavy atom. The minimum atomic E-state index is -0.631. The first-order valence-electron chi connectivity index (χ1n) is 4.90. The van der Waals surface area contributed by atoms with E-state index in [0.29, 0.717) is 0 Å². The number of benzene rings is 1. The van der Waals surface area contributed by atoms with Crippen LogP contribution in [0.1, 0.15) is 10.4 Å². The van der Waals surface area contributed by atoms with Crippen LogP contribution in [-0.2, 0) is 4.74 Å². The lowest BCUT2D eigenvalue weighted by Crippen LogP contribution is -2.39. The van der Waals surface area contributed by atoms with Crippen molar-refractivity contribution in [2.75, 3.05) is 19.6 Å². The van der Waals surface area contributed by atoms with Gasteiger partial charge in [0.05, 0.1) is 23.2 Å². The number of amides is 1. The lowest BCUT2D eigenvalue weighted by molar-refractivity contribution is 0.0906. The largest absolute Gasteiger partial charge is 0.383 e. The third-order valence-electron chi connectivity index (χ3n) is 2.09. The molecule has 1 amide bonds. The fourth-order valence-corrected chi connectivity index (χ4v) is 1.65. The first kappa shape index (κ1) is 14.2. The van der Waals surface area contributed by atoms with Crippen LogP contribution in [0.2, 0.25) is 5.02 Å². The summed E-state index contributed by atoms with van der Waals surface area (Å²) < 4.78 is 18.0. The van der Waals surface area contributed by atoms with Gasteiger partial charge in [0.25, 0.3) is 5.91 Å². The van der Waals surface area contributed by atoms with Gasteiger partial charge in [-0.3, -0.25) is 4.79 Å². The lowest BCUT2D eigenvalue weighted by atomic mass is 10.2. The topological polar surface area (TPSA) is 38.3 Å². The molecule has 3 nitrogen and oxygen atoms in total. The number of halogens is 3. The number of rotatable bonds is 5. The quantitative estimate of drug-likeness (QED) is 0.841. The average Bonchev–Trinajstić information content (AvgIpc) is 2.31. The highest BCUT2D eigenvalue weighted by Gasteiger charge is 2.16. The molecule has 17 heavy (non-hydrogen) atoms. The minimum Gasteiger partial charge on any atom is -0.383 e. The lowest BCUT2D eigenvalue weighted by Gasteiger charge is -2.15. The summed E-state index contributed by atoms with van der Waals surface area (Å²) in [4.78, 5) is 11.8. The highest BCUT2D eigenvalue weighted by Crippen LogP contribution is 2.19. The van der Waals surface area contributed by atoms with E-state index in [-0.39, 0.29) is 29.1 Å². The van der Waals surface area contributed by atoms with Crippen LogP contribution in [0.25, 0.3) is 0 Å². The predicted octanol–water partition coefficient (Wildman–Crippen LogP) is 2.46. The Labute approximate surface area is 109 Å². The van der Waals surface area contributed by atoms with Gasteiger partial charge in [0.2, 0.25) is 0 Å². The Morgan fingerprint density at radius 1 is 1.59 bits per heavy atom. The van der Waals surface area contributed by atoms with Gasteiger partial charge >= 0.3 is 0 Å². The number of ether oxygens (including phenoxy) is 1. The number of hydrogen-bond donors (Lipinski definition) is 1. The molecule has 0 bridgehead atoms. The van der Waals surface area contributed by atoms with Gasteiger partial charge in [-0.15, -0.1) is 11.6 Å². The van der Waals surface area contributed by atoms with Gasteiger partial charge in [0.1, 0.15) is 5.82 Å². The zero-order valence-corrected chi connectivity index (χ0v) is 10.7. The number of hydrogen-bond acceptors (Lipinski definition) is 2. The molecule has 0 heterocycles. The molecule has 1 aromatic carbocycles. The van der Waals surface area contributed by atoms with Crippen LogP contribution in [0.4, 0.5) is 4.39 Å². The average molecular weight is 280 g/mol. The number of alkyl halides is 1. The fraction of sp³-hybridized carbons (Fsp3) is 0.364. The maximum Gasteiger partial charge on any atom is 0.253 e. The summed E-state index contributed by atoms with van der Waals surface area (Å²) in [6, 6.07) is 3.71. The molecule has 94 valence electrons. The first-order chi connectivity index (χ1) is 8.10. The van der Waals surface area contributed by atoms with Crippen LogP contribution in [-0.4, -0.2) is 31.5 Å². The fourth-order valence-electron chi connectivity index (χ4n) is 1.27. The van der Waals surface area contributed by atoms with Crippen LogP contribution in [0.5, 0.6) is 0 Å². The van der Waals surface area contributed by atoms with Crippen molar-refractivity contribution in [3.63, 3.8) is 0 Å². The molecule has 0 aliphatic carbocycles. The summed E-state index contributed by atoms with van der Waals surface area (Å²) in [5.41, 5.74) is 0.0814. The molecule has 6 heteroatoms. The second kappa shape index (κ2) is 6.79. The molecule has 1 N–H and O–H groups in total. The van der Waals surface area contributed by atoms with Crippen LogP contribution in [0, 0.1) is 5.82 Å². The van der Waals surface area contributed by atoms with E-state index in [9.17, 15) is 9.18 Å². The van der Waals surface area contributed by atoms with Crippen molar-refractivity contribution >= 4 is 29.1 Å². The number of carbonyl (C=O) groups is 1. The number of methoxy groups -OCH3 is 1. The molecule has 0 spiro atoms. The van der Waals surface area contributed by atoms with Crippen LogP contribution in [0.3, 0.4) is 0 Å². The Kier molecular flexibility index (Phi) is 5.68. The molecule has 1 unspecified atom stereocenters. The standard InChI is InChI=1S/C11H12Cl2FNO2/c1-17-6-7(5-12)15-11(16)8-3-2-4-9(14)10(8)13/h2-4,7H,5-6H2,1H3,(H,15,16). The smallest absolute Gasteiger partial charge is 0.253 e. The van der Waals surface area contributed by atoms with E-state index in [0.717, 1.165) is 0 Å². The summed E-state index contributed by atoms with van der Waals surface area (Å²) in [7, 11) is 1.50. The molecule has 0 saturated carbocycles. The molecule has 1 atom stereocenters. The normalized spacial score (nSPS) is 12.2. The van der Waals surface area contributed by atoms with Crippen molar-refractivity contribution in [2.45, 2.75) is 6.04 Å². The van der Waals surface area contributed by atoms with E-state index in [1.807, 2.05) is 0 Å². The molecular weight excluding hydrogens is 268 g/mol. The van der Waals surface area contributed by atoms with Gasteiger partial charge in [0, 0.05) is 13.0 Å². The predicted molar refractivity (Wildman–Crippen MR) is 65.3 cm³/mol. The monoisotopic (exact) mass is 279 g/mol. The summed E-state index contributed by atoms with van der Waals surface area (Å²) in [6.07, 6.45) is 0. The maximum absolute atomic E-state index is 13.1. The SMILES string of the molecule is COCC(CCl)NC(=O)c1cccc(F)c1Cl. The van der Waals surface area contributed by atoms with Gasteiger partial charge in [-0.2, -0.15) is 0 Å². The van der Waals surface area contributed by atoms with Gasteiger partial charge in [-0.25, -0.2) is 4.39 Å². The van der Waals surface area contributed by atoms with Gasteiger partial charge in [-0.1, -0.05) is 17.7 Å². The molecule has 1 aromatic rings.